The molecule has 0 saturated carbocycles. The Kier molecular flexibility index (Phi) is 7.30. The summed E-state index contributed by atoms with van der Waals surface area (Å²) in [6, 6.07) is 17.3. The molecule has 1 amide bonds. The van der Waals surface area contributed by atoms with Gasteiger partial charge in [-0.15, -0.1) is 11.8 Å². The molecule has 29 heavy (non-hydrogen) atoms. The Labute approximate surface area is 174 Å². The summed E-state index contributed by atoms with van der Waals surface area (Å²) < 4.78 is 10.1. The topological polar surface area (TPSA) is 68.2 Å². The van der Waals surface area contributed by atoms with Crippen molar-refractivity contribution in [2.75, 3.05) is 25.2 Å². The van der Waals surface area contributed by atoms with Gasteiger partial charge in [0.1, 0.15) is 5.75 Å². The van der Waals surface area contributed by atoms with Crippen LogP contribution in [0.1, 0.15) is 30.5 Å². The summed E-state index contributed by atoms with van der Waals surface area (Å²) in [5, 5.41) is 6.18. The number of thioether (sulfide) groups is 1. The Morgan fingerprint density at radius 1 is 1.10 bits per heavy atom. The Morgan fingerprint density at radius 2 is 1.83 bits per heavy atom. The van der Waals surface area contributed by atoms with E-state index in [1.54, 1.807) is 19.0 Å². The first kappa shape index (κ1) is 20.9. The van der Waals surface area contributed by atoms with E-state index in [1.165, 1.54) is 11.8 Å². The molecule has 1 unspecified atom stereocenters. The number of carbonyl (C=O) groups excluding carboxylic acids is 2. The van der Waals surface area contributed by atoms with Gasteiger partial charge < -0.3 is 9.47 Å². The molecule has 1 aliphatic heterocycles. The van der Waals surface area contributed by atoms with E-state index in [2.05, 4.69) is 5.10 Å². The second-order valence-electron chi connectivity index (χ2n) is 6.44. The quantitative estimate of drug-likeness (QED) is 0.619. The molecular formula is C22H24N2O4S. The molecule has 6 nitrogen and oxygen atoms in total. The van der Waals surface area contributed by atoms with Crippen LogP contribution in [0.15, 0.2) is 59.7 Å². The van der Waals surface area contributed by atoms with Crippen LogP contribution < -0.4 is 4.74 Å². The highest BCUT2D eigenvalue weighted by Gasteiger charge is 2.33. The Morgan fingerprint density at radius 3 is 2.48 bits per heavy atom. The zero-order chi connectivity index (χ0) is 20.6. The minimum Gasteiger partial charge on any atom is -0.497 e. The zero-order valence-corrected chi connectivity index (χ0v) is 17.4. The van der Waals surface area contributed by atoms with Gasteiger partial charge >= 0.3 is 5.97 Å². The van der Waals surface area contributed by atoms with E-state index >= 15 is 0 Å². The minimum atomic E-state index is -0.313. The first-order valence-electron chi connectivity index (χ1n) is 9.44. The molecule has 2 aromatic carbocycles. The number of carbonyl (C=O) groups is 2. The molecule has 0 aliphatic carbocycles. The van der Waals surface area contributed by atoms with Gasteiger partial charge in [-0.1, -0.05) is 42.5 Å². The van der Waals surface area contributed by atoms with Crippen molar-refractivity contribution in [3.8, 4) is 5.75 Å². The van der Waals surface area contributed by atoms with E-state index in [0.29, 0.717) is 13.0 Å². The molecule has 152 valence electrons. The van der Waals surface area contributed by atoms with Gasteiger partial charge in [0.25, 0.3) is 5.91 Å². The van der Waals surface area contributed by atoms with Gasteiger partial charge in [-0.25, -0.2) is 5.01 Å². The van der Waals surface area contributed by atoms with Gasteiger partial charge in [0, 0.05) is 6.42 Å². The molecule has 0 radical (unpaired) electrons. The summed E-state index contributed by atoms with van der Waals surface area (Å²) in [4.78, 5) is 24.4. The summed E-state index contributed by atoms with van der Waals surface area (Å²) in [5.41, 5.74) is 2.86. The number of hydrogen-bond donors (Lipinski definition) is 0. The van der Waals surface area contributed by atoms with Gasteiger partial charge in [-0.05, 0) is 30.2 Å². The molecule has 0 N–H and O–H groups in total. The zero-order valence-electron chi connectivity index (χ0n) is 16.5. The van der Waals surface area contributed by atoms with Crippen molar-refractivity contribution in [2.45, 2.75) is 19.4 Å². The summed E-state index contributed by atoms with van der Waals surface area (Å²) >= 11 is 1.24. The fourth-order valence-corrected chi connectivity index (χ4v) is 3.78. The van der Waals surface area contributed by atoms with Gasteiger partial charge in [-0.3, -0.25) is 9.59 Å². The average molecular weight is 413 g/mol. The van der Waals surface area contributed by atoms with Crippen molar-refractivity contribution in [1.82, 2.24) is 5.01 Å². The van der Waals surface area contributed by atoms with E-state index in [9.17, 15) is 9.59 Å². The molecule has 0 spiro atoms. The van der Waals surface area contributed by atoms with Gasteiger partial charge in [0.2, 0.25) is 0 Å². The molecule has 0 aromatic heterocycles. The van der Waals surface area contributed by atoms with E-state index in [0.717, 1.165) is 22.6 Å². The number of rotatable bonds is 8. The van der Waals surface area contributed by atoms with Crippen molar-refractivity contribution in [3.05, 3.63) is 65.7 Å². The second-order valence-corrected chi connectivity index (χ2v) is 7.43. The van der Waals surface area contributed by atoms with E-state index < -0.39 is 0 Å². The molecule has 0 saturated heterocycles. The highest BCUT2D eigenvalue weighted by Crippen LogP contribution is 2.34. The molecule has 7 heteroatoms. The number of ether oxygens (including phenoxy) is 2. The van der Waals surface area contributed by atoms with Gasteiger partial charge in [0.05, 0.1) is 37.0 Å². The third-order valence-electron chi connectivity index (χ3n) is 4.52. The Hall–Kier alpha value is -2.80. The Bertz CT molecular complexity index is 868. The fraction of sp³-hybridized carbons (Fsp3) is 0.318. The first-order chi connectivity index (χ1) is 14.1. The summed E-state index contributed by atoms with van der Waals surface area (Å²) in [6.45, 7) is 2.10. The van der Waals surface area contributed by atoms with E-state index in [1.807, 2.05) is 54.6 Å². The maximum absolute atomic E-state index is 12.9. The van der Waals surface area contributed by atoms with Crippen molar-refractivity contribution < 1.29 is 19.1 Å². The summed E-state index contributed by atoms with van der Waals surface area (Å²) in [5.74, 6) is 0.629. The molecule has 1 atom stereocenters. The molecule has 3 rings (SSSR count). The average Bonchev–Trinajstić information content (AvgIpc) is 3.20. The maximum atomic E-state index is 12.9. The largest absolute Gasteiger partial charge is 0.497 e. The maximum Gasteiger partial charge on any atom is 0.315 e. The van der Waals surface area contributed by atoms with Crippen LogP contribution in [0.25, 0.3) is 0 Å². The lowest BCUT2D eigenvalue weighted by Crippen LogP contribution is -2.29. The standard InChI is InChI=1S/C22H24N2O4S/c1-3-28-22(26)15-29-14-21(25)24-20(17-9-11-18(27-2)12-10-17)13-19(23-24)16-7-5-4-6-8-16/h4-12,20H,3,13-15H2,1-2H3. The van der Waals surface area contributed by atoms with Gasteiger partial charge in [0.15, 0.2) is 0 Å². The predicted molar refractivity (Wildman–Crippen MR) is 114 cm³/mol. The number of benzene rings is 2. The first-order valence-corrected chi connectivity index (χ1v) is 10.6. The van der Waals surface area contributed by atoms with Crippen LogP contribution in [-0.2, 0) is 14.3 Å². The predicted octanol–water partition coefficient (Wildman–Crippen LogP) is 3.67. The van der Waals surface area contributed by atoms with Gasteiger partial charge in [-0.2, -0.15) is 5.10 Å². The lowest BCUT2D eigenvalue weighted by Gasteiger charge is -2.22. The van der Waals surface area contributed by atoms with Crippen molar-refractivity contribution in [2.24, 2.45) is 5.10 Å². The summed E-state index contributed by atoms with van der Waals surface area (Å²) in [6.07, 6.45) is 0.630. The smallest absolute Gasteiger partial charge is 0.315 e. The highest BCUT2D eigenvalue weighted by molar-refractivity contribution is 8.00. The molecule has 1 heterocycles. The SMILES string of the molecule is CCOC(=O)CSCC(=O)N1N=C(c2ccccc2)CC1c1ccc(OC)cc1. The van der Waals surface area contributed by atoms with Crippen LogP contribution in [0.5, 0.6) is 5.75 Å². The lowest BCUT2D eigenvalue weighted by molar-refractivity contribution is -0.139. The van der Waals surface area contributed by atoms with Crippen LogP contribution in [0.2, 0.25) is 0 Å². The van der Waals surface area contributed by atoms with Crippen molar-refractivity contribution in [1.29, 1.82) is 0 Å². The highest BCUT2D eigenvalue weighted by atomic mass is 32.2. The third kappa shape index (κ3) is 5.38. The Balaban J connectivity index is 1.76. The molecule has 0 bridgehead atoms. The third-order valence-corrected chi connectivity index (χ3v) is 5.42. The van der Waals surface area contributed by atoms with Crippen LogP contribution in [-0.4, -0.2) is 47.8 Å². The number of hydrogen-bond acceptors (Lipinski definition) is 6. The van der Waals surface area contributed by atoms with E-state index in [4.69, 9.17) is 9.47 Å². The fourth-order valence-electron chi connectivity index (χ4n) is 3.12. The van der Waals surface area contributed by atoms with Crippen LogP contribution in [0, 0.1) is 0 Å². The number of methoxy groups -OCH3 is 1. The molecule has 1 aliphatic rings. The second kappa shape index (κ2) is 10.1. The normalized spacial score (nSPS) is 15.7. The van der Waals surface area contributed by atoms with Crippen LogP contribution >= 0.6 is 11.8 Å². The van der Waals surface area contributed by atoms with Crippen molar-refractivity contribution in [3.63, 3.8) is 0 Å². The summed E-state index contributed by atoms with van der Waals surface area (Å²) in [7, 11) is 1.62. The number of nitrogens with zero attached hydrogens (tertiary/aromatic N) is 2. The number of amides is 1. The van der Waals surface area contributed by atoms with E-state index in [-0.39, 0.29) is 29.4 Å². The monoisotopic (exact) mass is 412 g/mol. The number of hydrazone groups is 1. The minimum absolute atomic E-state index is 0.133. The van der Waals surface area contributed by atoms with Crippen LogP contribution in [0.4, 0.5) is 0 Å². The van der Waals surface area contributed by atoms with Crippen molar-refractivity contribution >= 4 is 29.4 Å². The number of esters is 1. The molecule has 2 aromatic rings. The molecular weight excluding hydrogens is 388 g/mol. The van der Waals surface area contributed by atoms with Crippen LogP contribution in [0.3, 0.4) is 0 Å². The molecule has 0 fully saturated rings. The lowest BCUT2D eigenvalue weighted by atomic mass is 9.98.